The second-order valence-corrected chi connectivity index (χ2v) is 6.00. The fourth-order valence-electron chi connectivity index (χ4n) is 2.15. The summed E-state index contributed by atoms with van der Waals surface area (Å²) in [4.78, 5) is 12.5. The molecule has 0 saturated heterocycles. The minimum Gasteiger partial charge on any atom is -0.496 e. The molecule has 6 heteroatoms. The Morgan fingerprint density at radius 1 is 1.17 bits per heavy atom. The second kappa shape index (κ2) is 8.92. The predicted molar refractivity (Wildman–Crippen MR) is 97.4 cm³/mol. The molecule has 0 heterocycles. The number of anilines is 1. The summed E-state index contributed by atoms with van der Waals surface area (Å²) < 4.78 is 10.9. The van der Waals surface area contributed by atoms with Crippen molar-refractivity contribution in [2.75, 3.05) is 19.0 Å². The van der Waals surface area contributed by atoms with Crippen molar-refractivity contribution >= 4 is 34.8 Å². The van der Waals surface area contributed by atoms with Gasteiger partial charge in [-0.3, -0.25) is 4.79 Å². The first-order chi connectivity index (χ1) is 11.5. The number of ether oxygens (including phenoxy) is 2. The van der Waals surface area contributed by atoms with E-state index >= 15 is 0 Å². The van der Waals surface area contributed by atoms with E-state index in [1.165, 1.54) is 0 Å². The van der Waals surface area contributed by atoms with Crippen molar-refractivity contribution in [3.63, 3.8) is 0 Å². The molecule has 0 bridgehead atoms. The van der Waals surface area contributed by atoms with E-state index in [1.807, 2.05) is 6.92 Å². The van der Waals surface area contributed by atoms with Gasteiger partial charge in [0.15, 0.2) is 0 Å². The van der Waals surface area contributed by atoms with Gasteiger partial charge in [0.2, 0.25) is 0 Å². The van der Waals surface area contributed by atoms with Crippen molar-refractivity contribution in [3.05, 3.63) is 57.6 Å². The molecule has 0 aliphatic rings. The lowest BCUT2D eigenvalue weighted by Crippen LogP contribution is -2.13. The summed E-state index contributed by atoms with van der Waals surface area (Å²) in [5.41, 5.74) is 1.77. The molecule has 2 rings (SSSR count). The molecule has 0 aliphatic heterocycles. The fraction of sp³-hybridized carbons (Fsp3) is 0.278. The number of hydrogen-bond donors (Lipinski definition) is 1. The Morgan fingerprint density at radius 2 is 1.96 bits per heavy atom. The number of halogens is 2. The standard InChI is InChI=1S/C18H19Cl2NO3/c1-3-8-24-11-13-9-12(4-7-17(13)23-2)18(22)21-16-10-14(19)5-6-15(16)20/h4-7,9-10H,3,8,11H2,1-2H3,(H,21,22). The molecule has 0 fully saturated rings. The van der Waals surface area contributed by atoms with Crippen LogP contribution >= 0.6 is 23.2 Å². The highest BCUT2D eigenvalue weighted by atomic mass is 35.5. The summed E-state index contributed by atoms with van der Waals surface area (Å²) in [5.74, 6) is 0.405. The van der Waals surface area contributed by atoms with Crippen molar-refractivity contribution in [1.29, 1.82) is 0 Å². The second-order valence-electron chi connectivity index (χ2n) is 5.16. The number of amides is 1. The molecular formula is C18H19Cl2NO3. The van der Waals surface area contributed by atoms with Crippen LogP contribution in [-0.2, 0) is 11.3 Å². The van der Waals surface area contributed by atoms with Crippen LogP contribution in [-0.4, -0.2) is 19.6 Å². The number of carbonyl (C=O) groups is 1. The fourth-order valence-corrected chi connectivity index (χ4v) is 2.48. The number of carbonyl (C=O) groups excluding carboxylic acids is 1. The molecule has 0 radical (unpaired) electrons. The van der Waals surface area contributed by atoms with Gasteiger partial charge in [-0.2, -0.15) is 0 Å². The maximum atomic E-state index is 12.5. The van der Waals surface area contributed by atoms with Crippen molar-refractivity contribution in [2.45, 2.75) is 20.0 Å². The summed E-state index contributed by atoms with van der Waals surface area (Å²) in [6.45, 7) is 3.07. The molecule has 24 heavy (non-hydrogen) atoms. The highest BCUT2D eigenvalue weighted by Crippen LogP contribution is 2.27. The molecule has 0 unspecified atom stereocenters. The highest BCUT2D eigenvalue weighted by Gasteiger charge is 2.12. The maximum Gasteiger partial charge on any atom is 0.255 e. The highest BCUT2D eigenvalue weighted by molar-refractivity contribution is 6.35. The molecule has 2 aromatic rings. The zero-order chi connectivity index (χ0) is 17.5. The normalized spacial score (nSPS) is 10.5. The first-order valence-corrected chi connectivity index (χ1v) is 8.31. The summed E-state index contributed by atoms with van der Waals surface area (Å²) in [5, 5.41) is 3.68. The molecule has 0 atom stereocenters. The van der Waals surface area contributed by atoms with E-state index in [2.05, 4.69) is 5.32 Å². The smallest absolute Gasteiger partial charge is 0.255 e. The molecule has 0 aliphatic carbocycles. The van der Waals surface area contributed by atoms with Crippen molar-refractivity contribution < 1.29 is 14.3 Å². The zero-order valence-corrected chi connectivity index (χ0v) is 15.1. The molecule has 0 saturated carbocycles. The number of benzene rings is 2. The third-order valence-corrected chi connectivity index (χ3v) is 3.89. The van der Waals surface area contributed by atoms with Crippen molar-refractivity contribution in [1.82, 2.24) is 0 Å². The Balaban J connectivity index is 2.19. The van der Waals surface area contributed by atoms with Gasteiger partial charge in [-0.05, 0) is 42.8 Å². The van der Waals surface area contributed by atoms with E-state index in [0.29, 0.717) is 40.3 Å². The van der Waals surface area contributed by atoms with Gasteiger partial charge in [0, 0.05) is 22.8 Å². The van der Waals surface area contributed by atoms with E-state index in [4.69, 9.17) is 32.7 Å². The van der Waals surface area contributed by atoms with E-state index in [9.17, 15) is 4.79 Å². The summed E-state index contributed by atoms with van der Waals surface area (Å²) in [6.07, 6.45) is 0.926. The van der Waals surface area contributed by atoms with Crippen LogP contribution in [0.2, 0.25) is 10.0 Å². The van der Waals surface area contributed by atoms with Crippen LogP contribution in [0.15, 0.2) is 36.4 Å². The zero-order valence-electron chi connectivity index (χ0n) is 13.6. The quantitative estimate of drug-likeness (QED) is 0.685. The molecule has 0 spiro atoms. The van der Waals surface area contributed by atoms with Gasteiger partial charge in [0.25, 0.3) is 5.91 Å². The molecular weight excluding hydrogens is 349 g/mol. The van der Waals surface area contributed by atoms with Gasteiger partial charge in [0.05, 0.1) is 24.4 Å². The Kier molecular flexibility index (Phi) is 6.91. The van der Waals surface area contributed by atoms with Crippen LogP contribution in [0.5, 0.6) is 5.75 Å². The molecule has 4 nitrogen and oxygen atoms in total. The third kappa shape index (κ3) is 4.87. The van der Waals surface area contributed by atoms with Gasteiger partial charge in [-0.1, -0.05) is 30.1 Å². The monoisotopic (exact) mass is 367 g/mol. The van der Waals surface area contributed by atoms with Gasteiger partial charge in [0.1, 0.15) is 5.75 Å². The molecule has 1 N–H and O–H groups in total. The molecule has 0 aromatic heterocycles. The Labute approximate surface area is 151 Å². The van der Waals surface area contributed by atoms with Gasteiger partial charge >= 0.3 is 0 Å². The van der Waals surface area contributed by atoms with Gasteiger partial charge in [-0.25, -0.2) is 0 Å². The van der Waals surface area contributed by atoms with Crippen LogP contribution in [0.4, 0.5) is 5.69 Å². The number of methoxy groups -OCH3 is 1. The molecule has 2 aromatic carbocycles. The average Bonchev–Trinajstić information content (AvgIpc) is 2.58. The van der Waals surface area contributed by atoms with E-state index in [0.717, 1.165) is 12.0 Å². The summed E-state index contributed by atoms with van der Waals surface area (Å²) >= 11 is 12.0. The van der Waals surface area contributed by atoms with E-state index in [-0.39, 0.29) is 5.91 Å². The minimum absolute atomic E-state index is 0.279. The van der Waals surface area contributed by atoms with Crippen molar-refractivity contribution in [2.24, 2.45) is 0 Å². The summed E-state index contributed by atoms with van der Waals surface area (Å²) in [6, 6.07) is 10.1. The minimum atomic E-state index is -0.279. The van der Waals surface area contributed by atoms with E-state index in [1.54, 1.807) is 43.5 Å². The van der Waals surface area contributed by atoms with Crippen molar-refractivity contribution in [3.8, 4) is 5.75 Å². The SMILES string of the molecule is CCCOCc1cc(C(=O)Nc2cc(Cl)ccc2Cl)ccc1OC. The first kappa shape index (κ1) is 18.6. The Morgan fingerprint density at radius 3 is 2.67 bits per heavy atom. The number of nitrogens with one attached hydrogen (secondary N) is 1. The van der Waals surface area contributed by atoms with E-state index < -0.39 is 0 Å². The van der Waals surface area contributed by atoms with Crippen LogP contribution in [0.3, 0.4) is 0 Å². The molecule has 128 valence electrons. The number of rotatable bonds is 7. The molecule has 1 amide bonds. The van der Waals surface area contributed by atoms with Gasteiger partial charge < -0.3 is 14.8 Å². The lowest BCUT2D eigenvalue weighted by molar-refractivity contribution is 0.102. The number of hydrogen-bond acceptors (Lipinski definition) is 3. The predicted octanol–water partition coefficient (Wildman–Crippen LogP) is 5.18. The summed E-state index contributed by atoms with van der Waals surface area (Å²) in [7, 11) is 1.59. The third-order valence-electron chi connectivity index (χ3n) is 3.33. The largest absolute Gasteiger partial charge is 0.496 e. The topological polar surface area (TPSA) is 47.6 Å². The van der Waals surface area contributed by atoms with Crippen LogP contribution in [0, 0.1) is 0 Å². The maximum absolute atomic E-state index is 12.5. The van der Waals surface area contributed by atoms with Crippen LogP contribution < -0.4 is 10.1 Å². The lowest BCUT2D eigenvalue weighted by atomic mass is 10.1. The lowest BCUT2D eigenvalue weighted by Gasteiger charge is -2.12. The average molecular weight is 368 g/mol. The van der Waals surface area contributed by atoms with Crippen LogP contribution in [0.1, 0.15) is 29.3 Å². The van der Waals surface area contributed by atoms with Gasteiger partial charge in [-0.15, -0.1) is 0 Å². The Hall–Kier alpha value is -1.75. The Bertz CT molecular complexity index is 719. The first-order valence-electron chi connectivity index (χ1n) is 7.56. The van der Waals surface area contributed by atoms with Crippen LogP contribution in [0.25, 0.3) is 0 Å².